The largest absolute Gasteiger partial charge is 0.0651 e. The average Bonchev–Trinajstić information content (AvgIpc) is 3.04. The van der Waals surface area contributed by atoms with Crippen LogP contribution in [0.15, 0.2) is 0 Å². The maximum absolute atomic E-state index is 2.76. The molecule has 3 unspecified atom stereocenters. The maximum Gasteiger partial charge on any atom is 0 e. The van der Waals surface area contributed by atoms with Gasteiger partial charge in [-0.15, -0.1) is 0 Å². The molecular weight excluding hydrogens is 348 g/mol. The molecule has 9 atom stereocenters. The molecule has 4 saturated carbocycles. The molecule has 4 fully saturated rings. The van der Waals surface area contributed by atoms with E-state index in [1.807, 2.05) is 0 Å². The van der Waals surface area contributed by atoms with E-state index < -0.39 is 0 Å². The highest BCUT2D eigenvalue weighted by Gasteiger charge is 2.60. The van der Waals surface area contributed by atoms with Gasteiger partial charge in [0.25, 0.3) is 0 Å². The Kier molecular flexibility index (Phi) is 6.51. The van der Waals surface area contributed by atoms with E-state index in [4.69, 9.17) is 0 Å². The van der Waals surface area contributed by atoms with Crippen molar-refractivity contribution < 1.29 is 4.28 Å². The number of fused-ring (bicyclic) bond motifs is 5. The Morgan fingerprint density at radius 1 is 0.828 bits per heavy atom. The quantitative estimate of drug-likeness (QED) is 0.411. The summed E-state index contributed by atoms with van der Waals surface area (Å²) in [6.07, 6.45) is 19.8. The molecule has 4 aliphatic rings. The third kappa shape index (κ3) is 3.86. The first-order chi connectivity index (χ1) is 13.8. The molecule has 0 aliphatic heterocycles. The Labute approximate surface area is 187 Å². The van der Waals surface area contributed by atoms with Crippen LogP contribution in [0.3, 0.4) is 0 Å². The van der Waals surface area contributed by atoms with Gasteiger partial charge in [0.05, 0.1) is 0 Å². The summed E-state index contributed by atoms with van der Waals surface area (Å²) in [5.74, 6) is 8.13. The summed E-state index contributed by atoms with van der Waals surface area (Å²) in [5, 5.41) is 0. The molecule has 0 heterocycles. The van der Waals surface area contributed by atoms with Gasteiger partial charge < -0.3 is 0 Å². The van der Waals surface area contributed by atoms with Crippen molar-refractivity contribution in [2.75, 3.05) is 0 Å². The van der Waals surface area contributed by atoms with E-state index in [0.29, 0.717) is 10.8 Å². The zero-order valence-electron chi connectivity index (χ0n) is 20.8. The summed E-state index contributed by atoms with van der Waals surface area (Å²) in [7, 11) is 0. The lowest BCUT2D eigenvalue weighted by Crippen LogP contribution is -2.53. The van der Waals surface area contributed by atoms with Gasteiger partial charge >= 0.3 is 0 Å². The summed E-state index contributed by atoms with van der Waals surface area (Å²) in [4.78, 5) is 0. The minimum atomic E-state index is 0. The smallest absolute Gasteiger partial charge is 0 e. The fraction of sp³-hybridized carbons (Fsp3) is 1.00. The summed E-state index contributed by atoms with van der Waals surface area (Å²) in [6.45, 7) is 15.4. The second-order valence-electron chi connectivity index (χ2n) is 13.2. The zero-order chi connectivity index (χ0) is 20.8. The van der Waals surface area contributed by atoms with Crippen LogP contribution in [0.4, 0.5) is 0 Å². The van der Waals surface area contributed by atoms with Crippen LogP contribution in [0.5, 0.6) is 0 Å². The van der Waals surface area contributed by atoms with Gasteiger partial charge in [-0.3, -0.25) is 0 Å². The summed E-state index contributed by atoms with van der Waals surface area (Å²) in [5.41, 5.74) is 1.36. The Morgan fingerprint density at radius 2 is 1.55 bits per heavy atom. The predicted molar refractivity (Wildman–Crippen MR) is 133 cm³/mol. The SMILES string of the molecule is CC[C@H]1CC[C@@]2(C)C(CC[C@@H]3C2CC[C@@]2(C)C3CC[C@@H]2[C@H](C)CCCC(C)C)C1.[HH].[HH].[HH]. The van der Waals surface area contributed by atoms with Crippen molar-refractivity contribution in [2.45, 2.75) is 125 Å². The highest BCUT2D eigenvalue weighted by molar-refractivity contribution is 5.09. The molecule has 0 amide bonds. The van der Waals surface area contributed by atoms with Crippen molar-refractivity contribution in [1.82, 2.24) is 0 Å². The minimum absolute atomic E-state index is 0. The first kappa shape index (κ1) is 22.2. The van der Waals surface area contributed by atoms with E-state index in [1.165, 1.54) is 32.1 Å². The maximum atomic E-state index is 2.76. The highest BCUT2D eigenvalue weighted by Crippen LogP contribution is 2.68. The molecule has 0 spiro atoms. The first-order valence-electron chi connectivity index (χ1n) is 13.8. The molecule has 0 nitrogen and oxygen atoms in total. The van der Waals surface area contributed by atoms with Crippen LogP contribution in [-0.4, -0.2) is 0 Å². The number of hydrogen-bond donors (Lipinski definition) is 0. The molecule has 0 aromatic rings. The lowest BCUT2D eigenvalue weighted by Gasteiger charge is -2.61. The molecule has 4 aliphatic carbocycles. The van der Waals surface area contributed by atoms with Crippen molar-refractivity contribution in [3.63, 3.8) is 0 Å². The molecular formula is C29H58. The van der Waals surface area contributed by atoms with Crippen molar-refractivity contribution in [1.29, 1.82) is 0 Å². The van der Waals surface area contributed by atoms with Gasteiger partial charge in [0.2, 0.25) is 0 Å². The van der Waals surface area contributed by atoms with Crippen LogP contribution in [0.25, 0.3) is 0 Å². The molecule has 0 heteroatoms. The van der Waals surface area contributed by atoms with Gasteiger partial charge in [0.1, 0.15) is 0 Å². The van der Waals surface area contributed by atoms with E-state index in [2.05, 4.69) is 41.5 Å². The molecule has 0 N–H and O–H groups in total. The molecule has 0 saturated heterocycles. The predicted octanol–water partition coefficient (Wildman–Crippen LogP) is 9.87. The lowest BCUT2D eigenvalue weighted by atomic mass is 9.44. The van der Waals surface area contributed by atoms with Gasteiger partial charge in [0.15, 0.2) is 0 Å². The average molecular weight is 407 g/mol. The van der Waals surface area contributed by atoms with Crippen molar-refractivity contribution in [3.8, 4) is 0 Å². The standard InChI is InChI=1S/C29H52.3H2/c1-7-22-15-17-28(5)23(19-22)11-12-24-26-14-13-25(21(4)10-8-9-20(2)3)29(26,6)18-16-27(24)28;;;/h20-27H,7-19H2,1-6H3;3*1H/t21-,22+,23?,24+,25-,26?,27?,28+,29-;;;/m1.../s1. The van der Waals surface area contributed by atoms with E-state index >= 15 is 0 Å². The van der Waals surface area contributed by atoms with Gasteiger partial charge in [-0.1, -0.05) is 67.2 Å². The normalized spacial score (nSPS) is 48.1. The summed E-state index contributed by atoms with van der Waals surface area (Å²) >= 11 is 0. The van der Waals surface area contributed by atoms with Gasteiger partial charge in [-0.05, 0) is 116 Å². The van der Waals surface area contributed by atoms with Gasteiger partial charge in [-0.2, -0.15) is 0 Å². The second-order valence-corrected chi connectivity index (χ2v) is 13.2. The Hall–Kier alpha value is 0. The zero-order valence-corrected chi connectivity index (χ0v) is 20.8. The fourth-order valence-corrected chi connectivity index (χ4v) is 9.74. The molecule has 0 bridgehead atoms. The van der Waals surface area contributed by atoms with E-state index in [0.717, 1.165) is 47.3 Å². The summed E-state index contributed by atoms with van der Waals surface area (Å²) < 4.78 is 0. The Morgan fingerprint density at radius 3 is 2.28 bits per heavy atom. The Bertz CT molecular complexity index is 563. The number of hydrogen-bond acceptors (Lipinski definition) is 0. The number of rotatable bonds is 6. The van der Waals surface area contributed by atoms with E-state index in [1.54, 1.807) is 51.4 Å². The van der Waals surface area contributed by atoms with Crippen LogP contribution < -0.4 is 0 Å². The first-order valence-corrected chi connectivity index (χ1v) is 13.8. The molecule has 29 heavy (non-hydrogen) atoms. The highest BCUT2D eigenvalue weighted by atomic mass is 14.6. The summed E-state index contributed by atoms with van der Waals surface area (Å²) in [6, 6.07) is 0. The molecule has 0 aromatic heterocycles. The molecule has 0 radical (unpaired) electrons. The van der Waals surface area contributed by atoms with Crippen molar-refractivity contribution >= 4 is 0 Å². The molecule has 4 rings (SSSR count). The third-order valence-corrected chi connectivity index (χ3v) is 11.6. The second kappa shape index (κ2) is 8.50. The third-order valence-electron chi connectivity index (χ3n) is 11.6. The lowest BCUT2D eigenvalue weighted by molar-refractivity contribution is -0.121. The van der Waals surface area contributed by atoms with Crippen LogP contribution in [-0.2, 0) is 0 Å². The van der Waals surface area contributed by atoms with Crippen LogP contribution in [0.1, 0.15) is 129 Å². The Balaban J connectivity index is 0.00000171. The van der Waals surface area contributed by atoms with E-state index in [-0.39, 0.29) is 4.28 Å². The molecule has 0 aromatic carbocycles. The van der Waals surface area contributed by atoms with E-state index in [9.17, 15) is 0 Å². The topological polar surface area (TPSA) is 0 Å². The van der Waals surface area contributed by atoms with Gasteiger partial charge in [-0.25, -0.2) is 0 Å². The van der Waals surface area contributed by atoms with Crippen molar-refractivity contribution in [3.05, 3.63) is 0 Å². The molecule has 174 valence electrons. The monoisotopic (exact) mass is 406 g/mol. The minimum Gasteiger partial charge on any atom is -0.0651 e. The van der Waals surface area contributed by atoms with Crippen LogP contribution >= 0.6 is 0 Å². The fourth-order valence-electron chi connectivity index (χ4n) is 9.74. The van der Waals surface area contributed by atoms with Crippen LogP contribution in [0.2, 0.25) is 0 Å². The van der Waals surface area contributed by atoms with Crippen molar-refractivity contribution in [2.24, 2.45) is 58.2 Å². The van der Waals surface area contributed by atoms with Crippen LogP contribution in [0, 0.1) is 58.2 Å². The van der Waals surface area contributed by atoms with Gasteiger partial charge in [0, 0.05) is 4.28 Å².